The molecule has 0 radical (unpaired) electrons. The van der Waals surface area contributed by atoms with Gasteiger partial charge in [-0.15, -0.1) is 0 Å². The van der Waals surface area contributed by atoms with E-state index in [-0.39, 0.29) is 0 Å². The molecule has 0 aromatic rings. The van der Waals surface area contributed by atoms with Gasteiger partial charge < -0.3 is 26.8 Å². The number of ether oxygens (including phenoxy) is 1. The Hall–Kier alpha value is -2.16. The molecule has 23 heavy (non-hydrogen) atoms. The first-order chi connectivity index (χ1) is 10.3. The molecule has 3 atom stereocenters. The lowest BCUT2D eigenvalue weighted by atomic mass is 10.1. The minimum absolute atomic E-state index is 0.408. The normalized spacial score (nSPS) is 15.0. The van der Waals surface area contributed by atoms with Crippen molar-refractivity contribution >= 4 is 23.7 Å². The van der Waals surface area contributed by atoms with E-state index in [0.717, 1.165) is 0 Å². The Kier molecular flexibility index (Phi) is 7.67. The van der Waals surface area contributed by atoms with Crippen LogP contribution in [0.1, 0.15) is 41.0 Å². The number of amides is 3. The Morgan fingerprint density at radius 2 is 1.57 bits per heavy atom. The summed E-state index contributed by atoms with van der Waals surface area (Å²) >= 11 is 0. The summed E-state index contributed by atoms with van der Waals surface area (Å²) in [6.45, 7) is 7.85. The molecule has 0 heterocycles. The first kappa shape index (κ1) is 20.8. The summed E-state index contributed by atoms with van der Waals surface area (Å²) in [7, 11) is 0. The summed E-state index contributed by atoms with van der Waals surface area (Å²) < 4.78 is 5.13. The molecule has 0 aromatic heterocycles. The molecule has 132 valence electrons. The Labute approximate surface area is 135 Å². The summed E-state index contributed by atoms with van der Waals surface area (Å²) in [5.74, 6) is -2.73. The number of esters is 1. The zero-order valence-corrected chi connectivity index (χ0v) is 14.1. The van der Waals surface area contributed by atoms with Crippen molar-refractivity contribution in [2.45, 2.75) is 64.8 Å². The lowest BCUT2D eigenvalue weighted by Crippen LogP contribution is -2.54. The van der Waals surface area contributed by atoms with Crippen LogP contribution in [0.2, 0.25) is 0 Å². The number of carbonyl (C=O) groups is 4. The Morgan fingerprint density at radius 1 is 1.04 bits per heavy atom. The van der Waals surface area contributed by atoms with Gasteiger partial charge in [-0.3, -0.25) is 14.4 Å². The van der Waals surface area contributed by atoms with Crippen molar-refractivity contribution in [1.82, 2.24) is 10.6 Å². The van der Waals surface area contributed by atoms with Crippen LogP contribution in [0.4, 0.5) is 0 Å². The summed E-state index contributed by atoms with van der Waals surface area (Å²) in [5, 5.41) is 4.73. The SMILES string of the molecule is C[C@H](N)C(=O)N[C@@H](C)C(=O)N[C@@H](CC(N)=O)C(=O)OC(C)(C)C. The second-order valence-corrected chi connectivity index (χ2v) is 6.28. The number of nitrogens with two attached hydrogens (primary N) is 2. The van der Waals surface area contributed by atoms with Gasteiger partial charge in [-0.05, 0) is 34.6 Å². The Morgan fingerprint density at radius 3 is 1.96 bits per heavy atom. The molecule has 0 saturated heterocycles. The van der Waals surface area contributed by atoms with Gasteiger partial charge in [0.05, 0.1) is 12.5 Å². The molecule has 0 rings (SSSR count). The summed E-state index contributed by atoms with van der Waals surface area (Å²) in [5.41, 5.74) is 9.69. The molecule has 0 saturated carbocycles. The molecule has 0 aliphatic heterocycles. The van der Waals surface area contributed by atoms with Gasteiger partial charge in [0.25, 0.3) is 0 Å². The molecule has 9 nitrogen and oxygen atoms in total. The molecule has 0 aromatic carbocycles. The van der Waals surface area contributed by atoms with Gasteiger partial charge in [-0.2, -0.15) is 0 Å². The van der Waals surface area contributed by atoms with Crippen LogP contribution in [0, 0.1) is 0 Å². The summed E-state index contributed by atoms with van der Waals surface area (Å²) in [6, 6.07) is -2.95. The van der Waals surface area contributed by atoms with Crippen LogP contribution in [0.15, 0.2) is 0 Å². The zero-order chi connectivity index (χ0) is 18.4. The first-order valence-electron chi connectivity index (χ1n) is 7.21. The number of rotatable bonds is 7. The largest absolute Gasteiger partial charge is 0.458 e. The van der Waals surface area contributed by atoms with Crippen molar-refractivity contribution < 1.29 is 23.9 Å². The van der Waals surface area contributed by atoms with Gasteiger partial charge in [0.15, 0.2) is 0 Å². The molecule has 0 unspecified atom stereocenters. The predicted octanol–water partition coefficient (Wildman–Crippen LogP) is -1.46. The van der Waals surface area contributed by atoms with Gasteiger partial charge >= 0.3 is 5.97 Å². The van der Waals surface area contributed by atoms with Crippen LogP contribution < -0.4 is 22.1 Å². The predicted molar refractivity (Wildman–Crippen MR) is 82.8 cm³/mol. The van der Waals surface area contributed by atoms with Crippen molar-refractivity contribution in [3.8, 4) is 0 Å². The van der Waals surface area contributed by atoms with E-state index >= 15 is 0 Å². The highest BCUT2D eigenvalue weighted by Gasteiger charge is 2.30. The maximum Gasteiger partial charge on any atom is 0.329 e. The van der Waals surface area contributed by atoms with Crippen molar-refractivity contribution in [1.29, 1.82) is 0 Å². The zero-order valence-electron chi connectivity index (χ0n) is 14.1. The molecule has 9 heteroatoms. The van der Waals surface area contributed by atoms with E-state index in [2.05, 4.69) is 10.6 Å². The minimum Gasteiger partial charge on any atom is -0.458 e. The molecule has 6 N–H and O–H groups in total. The topological polar surface area (TPSA) is 154 Å². The van der Waals surface area contributed by atoms with Crippen LogP contribution in [-0.4, -0.2) is 47.4 Å². The summed E-state index contributed by atoms with van der Waals surface area (Å²) in [4.78, 5) is 46.6. The second kappa shape index (κ2) is 8.47. The lowest BCUT2D eigenvalue weighted by molar-refractivity contribution is -0.159. The highest BCUT2D eigenvalue weighted by atomic mass is 16.6. The van der Waals surface area contributed by atoms with E-state index in [9.17, 15) is 19.2 Å². The molecule has 3 amide bonds. The lowest BCUT2D eigenvalue weighted by Gasteiger charge is -2.25. The van der Waals surface area contributed by atoms with Crippen LogP contribution in [0.3, 0.4) is 0 Å². The van der Waals surface area contributed by atoms with Gasteiger partial charge in [0, 0.05) is 0 Å². The number of hydrogen-bond donors (Lipinski definition) is 4. The van der Waals surface area contributed by atoms with Crippen LogP contribution in [0.5, 0.6) is 0 Å². The van der Waals surface area contributed by atoms with Crippen LogP contribution in [-0.2, 0) is 23.9 Å². The maximum atomic E-state index is 12.0. The number of carbonyl (C=O) groups excluding carboxylic acids is 4. The highest BCUT2D eigenvalue weighted by molar-refractivity contribution is 5.93. The summed E-state index contributed by atoms with van der Waals surface area (Å²) in [6.07, 6.45) is -0.408. The third-order valence-corrected chi connectivity index (χ3v) is 2.58. The number of nitrogens with one attached hydrogen (secondary N) is 2. The van der Waals surface area contributed by atoms with E-state index in [4.69, 9.17) is 16.2 Å². The van der Waals surface area contributed by atoms with Gasteiger partial charge in [-0.25, -0.2) is 4.79 Å². The van der Waals surface area contributed by atoms with E-state index in [0.29, 0.717) is 0 Å². The molecular formula is C14H26N4O5. The van der Waals surface area contributed by atoms with E-state index < -0.39 is 53.8 Å². The van der Waals surface area contributed by atoms with E-state index in [1.54, 1.807) is 20.8 Å². The van der Waals surface area contributed by atoms with E-state index in [1.807, 2.05) is 0 Å². The van der Waals surface area contributed by atoms with Crippen LogP contribution in [0.25, 0.3) is 0 Å². The second-order valence-electron chi connectivity index (χ2n) is 6.28. The van der Waals surface area contributed by atoms with Crippen LogP contribution >= 0.6 is 0 Å². The number of primary amides is 1. The molecular weight excluding hydrogens is 304 g/mol. The fourth-order valence-corrected chi connectivity index (χ4v) is 1.47. The molecule has 0 fully saturated rings. The third kappa shape index (κ3) is 8.77. The molecule has 0 spiro atoms. The minimum atomic E-state index is -1.23. The maximum absolute atomic E-state index is 12.0. The first-order valence-corrected chi connectivity index (χ1v) is 7.21. The van der Waals surface area contributed by atoms with Crippen molar-refractivity contribution in [3.63, 3.8) is 0 Å². The van der Waals surface area contributed by atoms with Gasteiger partial charge in [0.2, 0.25) is 17.7 Å². The third-order valence-electron chi connectivity index (χ3n) is 2.58. The fraction of sp³-hybridized carbons (Fsp3) is 0.714. The monoisotopic (exact) mass is 330 g/mol. The fourth-order valence-electron chi connectivity index (χ4n) is 1.47. The van der Waals surface area contributed by atoms with Gasteiger partial charge in [-0.1, -0.05) is 0 Å². The number of hydrogen-bond acceptors (Lipinski definition) is 6. The van der Waals surface area contributed by atoms with Crippen molar-refractivity contribution in [2.24, 2.45) is 11.5 Å². The standard InChI is InChI=1S/C14H26N4O5/c1-7(15)11(20)17-8(2)12(21)18-9(6-10(16)19)13(22)23-14(3,4)5/h7-9H,6,15H2,1-5H3,(H2,16,19)(H,17,20)(H,18,21)/t7-,8-,9-/m0/s1. The smallest absolute Gasteiger partial charge is 0.329 e. The highest BCUT2D eigenvalue weighted by Crippen LogP contribution is 2.10. The quantitative estimate of drug-likeness (QED) is 0.418. The van der Waals surface area contributed by atoms with Crippen molar-refractivity contribution in [2.75, 3.05) is 0 Å². The van der Waals surface area contributed by atoms with E-state index in [1.165, 1.54) is 13.8 Å². The van der Waals surface area contributed by atoms with Gasteiger partial charge in [0.1, 0.15) is 17.7 Å². The molecule has 0 aliphatic carbocycles. The Bertz CT molecular complexity index is 470. The van der Waals surface area contributed by atoms with Crippen molar-refractivity contribution in [3.05, 3.63) is 0 Å². The molecule has 0 aliphatic rings. The molecule has 0 bridgehead atoms. The average Bonchev–Trinajstić information content (AvgIpc) is 2.34. The average molecular weight is 330 g/mol. The Balaban J connectivity index is 4.88.